The number of aromatic nitrogens is 2. The van der Waals surface area contributed by atoms with Gasteiger partial charge in [-0.2, -0.15) is 0 Å². The predicted molar refractivity (Wildman–Crippen MR) is 80.1 cm³/mol. The molecule has 2 heterocycles. The van der Waals surface area contributed by atoms with E-state index in [0.29, 0.717) is 0 Å². The molecule has 2 aromatic heterocycles. The van der Waals surface area contributed by atoms with E-state index in [0.717, 1.165) is 26.7 Å². The SMILES string of the molecule is CCSc1nc2sc(C)c(C)c2c(=O)n1C(C)C. The molecule has 0 amide bonds. The normalized spacial score (nSPS) is 11.7. The van der Waals surface area contributed by atoms with Crippen LogP contribution in [0.25, 0.3) is 10.2 Å². The van der Waals surface area contributed by atoms with Crippen LogP contribution in [0.1, 0.15) is 37.3 Å². The van der Waals surface area contributed by atoms with Crippen LogP contribution in [-0.2, 0) is 0 Å². The maximum atomic E-state index is 12.6. The molecule has 0 spiro atoms. The van der Waals surface area contributed by atoms with Crippen LogP contribution >= 0.6 is 23.1 Å². The Morgan fingerprint density at radius 2 is 2.06 bits per heavy atom. The van der Waals surface area contributed by atoms with Crippen molar-refractivity contribution in [3.8, 4) is 0 Å². The quantitative estimate of drug-likeness (QED) is 0.635. The lowest BCUT2D eigenvalue weighted by atomic mass is 10.2. The largest absolute Gasteiger partial charge is 0.284 e. The summed E-state index contributed by atoms with van der Waals surface area (Å²) >= 11 is 3.25. The summed E-state index contributed by atoms with van der Waals surface area (Å²) in [5.41, 5.74) is 1.18. The zero-order valence-electron chi connectivity index (χ0n) is 11.4. The molecule has 0 saturated heterocycles. The summed E-state index contributed by atoms with van der Waals surface area (Å²) in [5.74, 6) is 0.925. The third-order valence-electron chi connectivity index (χ3n) is 2.99. The van der Waals surface area contributed by atoms with E-state index in [1.165, 1.54) is 4.88 Å². The smallest absolute Gasteiger partial charge is 0.263 e. The van der Waals surface area contributed by atoms with E-state index in [1.54, 1.807) is 23.1 Å². The van der Waals surface area contributed by atoms with Crippen molar-refractivity contribution >= 4 is 33.3 Å². The predicted octanol–water partition coefficient (Wildman–Crippen LogP) is 3.77. The molecule has 0 bridgehead atoms. The van der Waals surface area contributed by atoms with Gasteiger partial charge in [0.25, 0.3) is 5.56 Å². The maximum absolute atomic E-state index is 12.6. The number of nitrogens with zero attached hydrogens (tertiary/aromatic N) is 2. The minimum Gasteiger partial charge on any atom is -0.284 e. The number of thiophene rings is 1. The first-order valence-electron chi connectivity index (χ1n) is 6.12. The summed E-state index contributed by atoms with van der Waals surface area (Å²) in [6.07, 6.45) is 0. The van der Waals surface area contributed by atoms with E-state index in [1.807, 2.05) is 32.3 Å². The Balaban J connectivity index is 2.86. The summed E-state index contributed by atoms with van der Waals surface area (Å²) in [6.45, 7) is 10.2. The van der Waals surface area contributed by atoms with Crippen molar-refractivity contribution in [2.45, 2.75) is 45.8 Å². The fourth-order valence-corrected chi connectivity index (χ4v) is 3.90. The average molecular weight is 282 g/mol. The fraction of sp³-hybridized carbons (Fsp3) is 0.538. The highest BCUT2D eigenvalue weighted by Crippen LogP contribution is 2.29. The monoisotopic (exact) mass is 282 g/mol. The number of aryl methyl sites for hydroxylation is 2. The Hall–Kier alpha value is -0.810. The molecule has 5 heteroatoms. The van der Waals surface area contributed by atoms with Gasteiger partial charge in [0.15, 0.2) is 5.16 Å². The van der Waals surface area contributed by atoms with Crippen LogP contribution in [0.4, 0.5) is 0 Å². The number of hydrogen-bond acceptors (Lipinski definition) is 4. The highest BCUT2D eigenvalue weighted by atomic mass is 32.2. The van der Waals surface area contributed by atoms with Gasteiger partial charge in [-0.05, 0) is 39.0 Å². The molecule has 0 unspecified atom stereocenters. The van der Waals surface area contributed by atoms with Gasteiger partial charge in [-0.15, -0.1) is 11.3 Å². The lowest BCUT2D eigenvalue weighted by Crippen LogP contribution is -2.24. The summed E-state index contributed by atoms with van der Waals surface area (Å²) in [7, 11) is 0. The van der Waals surface area contributed by atoms with Gasteiger partial charge >= 0.3 is 0 Å². The molecule has 2 rings (SSSR count). The average Bonchev–Trinajstić information content (AvgIpc) is 2.54. The lowest BCUT2D eigenvalue weighted by Gasteiger charge is -2.14. The van der Waals surface area contributed by atoms with E-state index in [9.17, 15) is 4.79 Å². The molecule has 0 aliphatic rings. The molecular formula is C13H18N2OS2. The number of thioether (sulfide) groups is 1. The molecule has 98 valence electrons. The first-order chi connectivity index (χ1) is 8.47. The van der Waals surface area contributed by atoms with Crippen molar-refractivity contribution in [1.29, 1.82) is 0 Å². The van der Waals surface area contributed by atoms with Crippen LogP contribution in [0.3, 0.4) is 0 Å². The first kappa shape index (κ1) is 13.6. The van der Waals surface area contributed by atoms with Crippen molar-refractivity contribution in [3.63, 3.8) is 0 Å². The van der Waals surface area contributed by atoms with Crippen LogP contribution in [0.15, 0.2) is 9.95 Å². The Morgan fingerprint density at radius 1 is 1.39 bits per heavy atom. The van der Waals surface area contributed by atoms with Crippen LogP contribution < -0.4 is 5.56 Å². The number of fused-ring (bicyclic) bond motifs is 1. The van der Waals surface area contributed by atoms with Crippen LogP contribution in [0, 0.1) is 13.8 Å². The lowest BCUT2D eigenvalue weighted by molar-refractivity contribution is 0.519. The Morgan fingerprint density at radius 3 is 2.61 bits per heavy atom. The Kier molecular flexibility index (Phi) is 3.82. The molecule has 18 heavy (non-hydrogen) atoms. The van der Waals surface area contributed by atoms with E-state index < -0.39 is 0 Å². The standard InChI is InChI=1S/C13H18N2OS2/c1-6-17-13-14-11-10(8(4)9(5)18-11)12(16)15(13)7(2)3/h7H,6H2,1-5H3. The molecule has 0 N–H and O–H groups in total. The van der Waals surface area contributed by atoms with E-state index >= 15 is 0 Å². The summed E-state index contributed by atoms with van der Waals surface area (Å²) in [6, 6.07) is 0.142. The van der Waals surface area contributed by atoms with Gasteiger partial charge in [-0.25, -0.2) is 4.98 Å². The summed E-state index contributed by atoms with van der Waals surface area (Å²) < 4.78 is 1.82. The van der Waals surface area contributed by atoms with Crippen molar-refractivity contribution in [2.75, 3.05) is 5.75 Å². The fourth-order valence-electron chi connectivity index (χ4n) is 1.97. The number of hydrogen-bond donors (Lipinski definition) is 0. The van der Waals surface area contributed by atoms with E-state index in [2.05, 4.69) is 11.9 Å². The van der Waals surface area contributed by atoms with Crippen LogP contribution in [0.2, 0.25) is 0 Å². The number of rotatable bonds is 3. The topological polar surface area (TPSA) is 34.9 Å². The molecule has 0 radical (unpaired) electrons. The molecular weight excluding hydrogens is 264 g/mol. The Labute approximate surface area is 115 Å². The molecule has 0 atom stereocenters. The van der Waals surface area contributed by atoms with Crippen molar-refractivity contribution in [1.82, 2.24) is 9.55 Å². The maximum Gasteiger partial charge on any atom is 0.263 e. The summed E-state index contributed by atoms with van der Waals surface area (Å²) in [4.78, 5) is 19.4. The van der Waals surface area contributed by atoms with Gasteiger partial charge in [0.05, 0.1) is 5.39 Å². The van der Waals surface area contributed by atoms with E-state index in [-0.39, 0.29) is 11.6 Å². The van der Waals surface area contributed by atoms with E-state index in [4.69, 9.17) is 0 Å². The minimum atomic E-state index is 0.104. The third-order valence-corrected chi connectivity index (χ3v) is 4.93. The second kappa shape index (κ2) is 5.05. The first-order valence-corrected chi connectivity index (χ1v) is 7.92. The van der Waals surface area contributed by atoms with Gasteiger partial charge in [-0.3, -0.25) is 9.36 Å². The van der Waals surface area contributed by atoms with Gasteiger partial charge in [0.1, 0.15) is 4.83 Å². The van der Waals surface area contributed by atoms with Crippen LogP contribution in [0.5, 0.6) is 0 Å². The van der Waals surface area contributed by atoms with Crippen molar-refractivity contribution in [3.05, 3.63) is 20.8 Å². The van der Waals surface area contributed by atoms with Crippen LogP contribution in [-0.4, -0.2) is 15.3 Å². The zero-order chi connectivity index (χ0) is 13.4. The molecule has 2 aromatic rings. The Bertz CT molecular complexity index is 640. The van der Waals surface area contributed by atoms with Crippen molar-refractivity contribution in [2.24, 2.45) is 0 Å². The molecule has 0 aliphatic carbocycles. The third kappa shape index (κ3) is 2.10. The summed E-state index contributed by atoms with van der Waals surface area (Å²) in [5, 5.41) is 1.64. The second-order valence-electron chi connectivity index (χ2n) is 4.56. The van der Waals surface area contributed by atoms with Gasteiger partial charge in [0.2, 0.25) is 0 Å². The van der Waals surface area contributed by atoms with Gasteiger partial charge < -0.3 is 0 Å². The highest BCUT2D eigenvalue weighted by molar-refractivity contribution is 7.99. The molecule has 0 fully saturated rings. The zero-order valence-corrected chi connectivity index (χ0v) is 13.0. The molecule has 0 aromatic carbocycles. The van der Waals surface area contributed by atoms with Crippen molar-refractivity contribution < 1.29 is 0 Å². The van der Waals surface area contributed by atoms with Gasteiger partial charge in [-0.1, -0.05) is 18.7 Å². The minimum absolute atomic E-state index is 0.104. The molecule has 0 aliphatic heterocycles. The molecule has 0 saturated carbocycles. The highest BCUT2D eigenvalue weighted by Gasteiger charge is 2.17. The molecule has 3 nitrogen and oxygen atoms in total. The second-order valence-corrected chi connectivity index (χ2v) is 6.99. The van der Waals surface area contributed by atoms with Gasteiger partial charge in [0, 0.05) is 10.9 Å².